The molecule has 1 unspecified atom stereocenters. The number of rotatable bonds is 3. The molecule has 0 spiro atoms. The minimum absolute atomic E-state index is 0.123. The maximum Gasteiger partial charge on any atom is 0.352 e. The molecule has 0 saturated carbocycles. The van der Waals surface area contributed by atoms with E-state index in [1.807, 2.05) is 0 Å². The van der Waals surface area contributed by atoms with E-state index in [-0.39, 0.29) is 18.0 Å². The second-order valence-electron chi connectivity index (χ2n) is 3.78. The van der Waals surface area contributed by atoms with E-state index < -0.39 is 22.0 Å². The maximum atomic E-state index is 11.6. The highest BCUT2D eigenvalue weighted by Gasteiger charge is 2.51. The number of carboxylic acids is 1. The number of ketones is 1. The molecule has 2 atom stereocenters. The first-order chi connectivity index (χ1) is 8.39. The highest BCUT2D eigenvalue weighted by molar-refractivity contribution is 8.02. The van der Waals surface area contributed by atoms with E-state index in [0.717, 1.165) is 22.7 Å². The second-order valence-corrected chi connectivity index (χ2v) is 5.23. The zero-order valence-electron chi connectivity index (χ0n) is 8.94. The Morgan fingerprint density at radius 3 is 2.83 bits per heavy atom. The maximum absolute atomic E-state index is 11.6. The van der Waals surface area contributed by atoms with Gasteiger partial charge in [-0.1, -0.05) is 5.16 Å². The Bertz CT molecular complexity index is 502. The molecule has 2 heterocycles. The molecule has 0 aromatic carbocycles. The van der Waals surface area contributed by atoms with Crippen molar-refractivity contribution < 1.29 is 24.7 Å². The van der Waals surface area contributed by atoms with Crippen LogP contribution < -0.4 is 5.73 Å². The minimum atomic E-state index is -1.64. The van der Waals surface area contributed by atoms with Gasteiger partial charge in [-0.2, -0.15) is 0 Å². The predicted molar refractivity (Wildman–Crippen MR) is 60.8 cm³/mol. The summed E-state index contributed by atoms with van der Waals surface area (Å²) in [5, 5.41) is 19.4. The molecule has 8 nitrogen and oxygen atoms in total. The summed E-state index contributed by atoms with van der Waals surface area (Å²) in [7, 11) is 0. The van der Waals surface area contributed by atoms with Gasteiger partial charge >= 0.3 is 5.97 Å². The topological polar surface area (TPSA) is 133 Å². The van der Waals surface area contributed by atoms with Crippen molar-refractivity contribution in [1.82, 2.24) is 4.90 Å². The van der Waals surface area contributed by atoms with Crippen LogP contribution in [0, 0.1) is 0 Å². The number of carbonyl (C=O) groups excluding carboxylic acids is 2. The zero-order valence-corrected chi connectivity index (χ0v) is 9.75. The summed E-state index contributed by atoms with van der Waals surface area (Å²) < 4.78 is 0. The molecule has 1 fully saturated rings. The van der Waals surface area contributed by atoms with Gasteiger partial charge in [-0.3, -0.25) is 14.5 Å². The summed E-state index contributed by atoms with van der Waals surface area (Å²) in [6.45, 7) is 0. The Balaban J connectivity index is 2.41. The Morgan fingerprint density at radius 2 is 2.33 bits per heavy atom. The molecule has 0 radical (unpaired) electrons. The number of nitrogens with zero attached hydrogens (tertiary/aromatic N) is 2. The molecular weight excluding hydrogens is 262 g/mol. The van der Waals surface area contributed by atoms with E-state index in [4.69, 9.17) is 16.0 Å². The van der Waals surface area contributed by atoms with Gasteiger partial charge in [0.15, 0.2) is 4.87 Å². The number of thioether (sulfide) groups is 1. The lowest BCUT2D eigenvalue weighted by Crippen LogP contribution is -2.60. The van der Waals surface area contributed by atoms with Crippen molar-refractivity contribution in [3.8, 4) is 0 Å². The Labute approximate surface area is 105 Å². The molecule has 2 aliphatic rings. The molecule has 2 aliphatic heterocycles. The van der Waals surface area contributed by atoms with Gasteiger partial charge in [-0.05, 0) is 6.08 Å². The van der Waals surface area contributed by atoms with Crippen LogP contribution in [0.4, 0.5) is 0 Å². The first kappa shape index (κ1) is 12.6. The number of fused-ring (bicyclic) bond motifs is 1. The lowest BCUT2D eigenvalue weighted by Gasteiger charge is -2.46. The molecule has 18 heavy (non-hydrogen) atoms. The molecule has 2 rings (SSSR count). The van der Waals surface area contributed by atoms with Crippen LogP contribution in [0.1, 0.15) is 6.42 Å². The van der Waals surface area contributed by atoms with Crippen LogP contribution in [-0.2, 0) is 14.4 Å². The highest BCUT2D eigenvalue weighted by Crippen LogP contribution is 2.44. The van der Waals surface area contributed by atoms with Crippen molar-refractivity contribution in [2.45, 2.75) is 16.7 Å². The summed E-state index contributed by atoms with van der Waals surface area (Å²) in [5.41, 5.74) is 5.46. The van der Waals surface area contributed by atoms with E-state index in [1.165, 1.54) is 0 Å². The smallest absolute Gasteiger partial charge is 0.352 e. The molecule has 4 N–H and O–H groups in total. The van der Waals surface area contributed by atoms with Crippen molar-refractivity contribution >= 4 is 35.6 Å². The van der Waals surface area contributed by atoms with Crippen molar-refractivity contribution in [2.24, 2.45) is 10.9 Å². The Morgan fingerprint density at radius 1 is 1.67 bits per heavy atom. The second kappa shape index (κ2) is 4.10. The molecular formula is C9H9N3O5S. The number of β-lactam (4-membered cyclic amide) rings is 1. The molecule has 0 aromatic rings. The fourth-order valence-electron chi connectivity index (χ4n) is 1.75. The normalized spacial score (nSPS) is 30.7. The number of carbonyl (C=O) groups is 3. The molecule has 1 saturated heterocycles. The number of hydrogen-bond acceptors (Lipinski definition) is 7. The van der Waals surface area contributed by atoms with E-state index >= 15 is 0 Å². The summed E-state index contributed by atoms with van der Waals surface area (Å²) in [5.74, 6) is -2.41. The molecule has 1 amide bonds. The number of aliphatic carboxylic acids is 1. The van der Waals surface area contributed by atoms with Gasteiger partial charge in [-0.15, -0.1) is 11.8 Å². The Hall–Kier alpha value is -1.87. The van der Waals surface area contributed by atoms with Crippen molar-refractivity contribution in [3.05, 3.63) is 11.8 Å². The molecule has 96 valence electrons. The van der Waals surface area contributed by atoms with Gasteiger partial charge < -0.3 is 16.0 Å². The molecule has 0 bridgehead atoms. The van der Waals surface area contributed by atoms with Crippen LogP contribution in [0.3, 0.4) is 0 Å². The molecule has 0 aliphatic carbocycles. The van der Waals surface area contributed by atoms with Crippen molar-refractivity contribution in [2.75, 3.05) is 0 Å². The summed E-state index contributed by atoms with van der Waals surface area (Å²) >= 11 is 0.948. The lowest BCUT2D eigenvalue weighted by atomic mass is 10.1. The van der Waals surface area contributed by atoms with Gasteiger partial charge in [0.25, 0.3) is 0 Å². The number of oxime groups is 1. The first-order valence-corrected chi connectivity index (χ1v) is 5.74. The quantitative estimate of drug-likeness (QED) is 0.258. The standard InChI is InChI=1S/C9H9N3O5S/c10-9(5(13)3-11-17)2-4(8(15)16)12-6(14)1-7(12)18-9/h2-3,7,17H,1,10H2,(H,15,16)/t7-,9?/m1/s1. The third-order valence-corrected chi connectivity index (χ3v) is 3.99. The van der Waals surface area contributed by atoms with Crippen LogP contribution in [-0.4, -0.2) is 49.3 Å². The number of amides is 1. The van der Waals surface area contributed by atoms with Gasteiger partial charge in [0.2, 0.25) is 11.7 Å². The van der Waals surface area contributed by atoms with Gasteiger partial charge in [0.05, 0.1) is 11.8 Å². The summed E-state index contributed by atoms with van der Waals surface area (Å²) in [6.07, 6.45) is 1.73. The Kier molecular flexibility index (Phi) is 2.87. The lowest BCUT2D eigenvalue weighted by molar-refractivity contribution is -0.146. The van der Waals surface area contributed by atoms with E-state index in [0.29, 0.717) is 6.21 Å². The SMILES string of the molecule is NC1(C(=O)C=NO)C=C(C(=O)O)N2C(=O)C[C@H]2S1. The fourth-order valence-corrected chi connectivity index (χ4v) is 3.11. The summed E-state index contributed by atoms with van der Waals surface area (Å²) in [6, 6.07) is 0. The number of Topliss-reactive ketones (excluding diaryl/α,β-unsaturated/α-hetero) is 1. The predicted octanol–water partition coefficient (Wildman–Crippen LogP) is -1.06. The van der Waals surface area contributed by atoms with Crippen LogP contribution in [0.15, 0.2) is 16.9 Å². The van der Waals surface area contributed by atoms with E-state index in [1.54, 1.807) is 0 Å². The molecule has 9 heteroatoms. The largest absolute Gasteiger partial charge is 0.477 e. The fraction of sp³-hybridized carbons (Fsp3) is 0.333. The van der Waals surface area contributed by atoms with Gasteiger partial charge in [-0.25, -0.2) is 4.79 Å². The average molecular weight is 271 g/mol. The van der Waals surface area contributed by atoms with Crippen molar-refractivity contribution in [1.29, 1.82) is 0 Å². The van der Waals surface area contributed by atoms with Crippen LogP contribution in [0.25, 0.3) is 0 Å². The van der Waals surface area contributed by atoms with Crippen molar-refractivity contribution in [3.63, 3.8) is 0 Å². The number of nitrogens with two attached hydrogens (primary N) is 1. The third kappa shape index (κ3) is 1.77. The van der Waals surface area contributed by atoms with Crippen LogP contribution in [0.2, 0.25) is 0 Å². The van der Waals surface area contributed by atoms with Gasteiger partial charge in [0.1, 0.15) is 11.9 Å². The zero-order chi connectivity index (χ0) is 13.5. The highest BCUT2D eigenvalue weighted by atomic mass is 32.2. The first-order valence-electron chi connectivity index (χ1n) is 4.86. The average Bonchev–Trinajstić information content (AvgIpc) is 2.27. The third-order valence-electron chi connectivity index (χ3n) is 2.63. The molecule has 0 aromatic heterocycles. The van der Waals surface area contributed by atoms with Gasteiger partial charge in [0, 0.05) is 0 Å². The number of carboxylic acid groups (broad SMARTS) is 1. The van der Waals surface area contributed by atoms with Crippen LogP contribution in [0.5, 0.6) is 0 Å². The summed E-state index contributed by atoms with van der Waals surface area (Å²) in [4.78, 5) is 33.4. The van der Waals surface area contributed by atoms with E-state index in [2.05, 4.69) is 5.16 Å². The van der Waals surface area contributed by atoms with Crippen LogP contribution >= 0.6 is 11.8 Å². The monoisotopic (exact) mass is 271 g/mol. The number of hydrogen-bond donors (Lipinski definition) is 3. The minimum Gasteiger partial charge on any atom is -0.477 e. The van der Waals surface area contributed by atoms with E-state index in [9.17, 15) is 14.4 Å².